The van der Waals surface area contributed by atoms with Gasteiger partial charge in [0.25, 0.3) is 5.91 Å². The molecule has 0 spiro atoms. The van der Waals surface area contributed by atoms with Crippen molar-refractivity contribution in [2.24, 2.45) is 5.73 Å². The van der Waals surface area contributed by atoms with Gasteiger partial charge in [-0.3, -0.25) is 4.79 Å². The maximum absolute atomic E-state index is 12.1. The second kappa shape index (κ2) is 6.70. The van der Waals surface area contributed by atoms with E-state index in [1.807, 2.05) is 31.2 Å². The number of carbonyl (C=O) groups excluding carboxylic acids is 1. The Morgan fingerprint density at radius 2 is 1.90 bits per heavy atom. The molecule has 2 rings (SSSR count). The van der Waals surface area contributed by atoms with Crippen LogP contribution in [0.3, 0.4) is 0 Å². The Labute approximate surface area is 134 Å². The van der Waals surface area contributed by atoms with Gasteiger partial charge in [-0.15, -0.1) is 0 Å². The predicted molar refractivity (Wildman–Crippen MR) is 91.1 cm³/mol. The number of aryl methyl sites for hydroxylation is 1. The smallest absolute Gasteiger partial charge is 0.255 e. The van der Waals surface area contributed by atoms with Crippen molar-refractivity contribution >= 4 is 40.4 Å². The summed E-state index contributed by atoms with van der Waals surface area (Å²) in [5.74, 6) is -0.184. The Kier molecular flexibility index (Phi) is 4.94. The second-order valence-corrected chi connectivity index (χ2v) is 5.69. The first-order valence-electron chi connectivity index (χ1n) is 6.40. The lowest BCUT2D eigenvalue weighted by Crippen LogP contribution is -2.13. The first-order chi connectivity index (χ1) is 9.95. The molecule has 3 nitrogen and oxygen atoms in total. The zero-order valence-corrected chi connectivity index (χ0v) is 13.1. The normalized spacial score (nSPS) is 10.2. The van der Waals surface area contributed by atoms with Gasteiger partial charge in [-0.2, -0.15) is 0 Å². The minimum atomic E-state index is -0.184. The lowest BCUT2D eigenvalue weighted by Gasteiger charge is -2.07. The van der Waals surface area contributed by atoms with Crippen LogP contribution in [0, 0.1) is 6.92 Å². The summed E-state index contributed by atoms with van der Waals surface area (Å²) in [6, 6.07) is 12.6. The Morgan fingerprint density at radius 1 is 1.24 bits per heavy atom. The highest BCUT2D eigenvalue weighted by atomic mass is 35.5. The molecule has 0 saturated heterocycles. The van der Waals surface area contributed by atoms with Crippen LogP contribution in [0.4, 0.5) is 5.69 Å². The number of anilines is 1. The van der Waals surface area contributed by atoms with E-state index in [2.05, 4.69) is 5.32 Å². The number of benzene rings is 2. The van der Waals surface area contributed by atoms with Crippen molar-refractivity contribution in [1.82, 2.24) is 0 Å². The largest absolute Gasteiger partial charge is 0.393 e. The molecular formula is C16H15ClN2OS. The summed E-state index contributed by atoms with van der Waals surface area (Å²) in [4.78, 5) is 12.6. The van der Waals surface area contributed by atoms with Crippen LogP contribution in [-0.4, -0.2) is 10.9 Å². The van der Waals surface area contributed by atoms with Crippen molar-refractivity contribution in [2.45, 2.75) is 13.3 Å². The van der Waals surface area contributed by atoms with Gasteiger partial charge in [-0.05, 0) is 42.3 Å². The van der Waals surface area contributed by atoms with Crippen LogP contribution in [-0.2, 0) is 6.42 Å². The molecule has 0 aliphatic rings. The number of amides is 1. The quantitative estimate of drug-likeness (QED) is 0.845. The van der Waals surface area contributed by atoms with E-state index in [0.717, 1.165) is 11.1 Å². The van der Waals surface area contributed by atoms with E-state index in [0.29, 0.717) is 27.7 Å². The molecule has 0 bridgehead atoms. The number of hydrogen-bond acceptors (Lipinski definition) is 2. The number of rotatable bonds is 4. The van der Waals surface area contributed by atoms with Crippen molar-refractivity contribution in [3.8, 4) is 0 Å². The second-order valence-electron chi connectivity index (χ2n) is 4.76. The highest BCUT2D eigenvalue weighted by molar-refractivity contribution is 7.80. The molecule has 2 aromatic carbocycles. The molecule has 21 heavy (non-hydrogen) atoms. The minimum Gasteiger partial charge on any atom is -0.393 e. The van der Waals surface area contributed by atoms with Gasteiger partial charge in [0.05, 0.1) is 4.99 Å². The van der Waals surface area contributed by atoms with E-state index < -0.39 is 0 Å². The number of nitrogens with one attached hydrogen (secondary N) is 1. The first-order valence-corrected chi connectivity index (χ1v) is 7.19. The fraction of sp³-hybridized carbons (Fsp3) is 0.125. The summed E-state index contributed by atoms with van der Waals surface area (Å²) in [5.41, 5.74) is 8.68. The number of thiocarbonyl (C=S) groups is 1. The first kappa shape index (κ1) is 15.5. The Bertz CT molecular complexity index is 683. The van der Waals surface area contributed by atoms with E-state index in [1.165, 1.54) is 0 Å². The van der Waals surface area contributed by atoms with E-state index in [9.17, 15) is 4.79 Å². The molecule has 0 aliphatic heterocycles. The average molecular weight is 319 g/mol. The highest BCUT2D eigenvalue weighted by Gasteiger charge is 2.07. The van der Waals surface area contributed by atoms with Crippen LogP contribution >= 0.6 is 23.8 Å². The SMILES string of the molecule is Cc1ccc(NC(=O)c2ccc(CC(N)=S)cc2)cc1Cl. The van der Waals surface area contributed by atoms with Crippen molar-refractivity contribution in [2.75, 3.05) is 5.32 Å². The highest BCUT2D eigenvalue weighted by Crippen LogP contribution is 2.20. The number of hydrogen-bond donors (Lipinski definition) is 2. The van der Waals surface area contributed by atoms with Crippen molar-refractivity contribution in [1.29, 1.82) is 0 Å². The van der Waals surface area contributed by atoms with Gasteiger partial charge >= 0.3 is 0 Å². The summed E-state index contributed by atoms with van der Waals surface area (Å²) < 4.78 is 0. The van der Waals surface area contributed by atoms with Crippen LogP contribution in [0.5, 0.6) is 0 Å². The van der Waals surface area contributed by atoms with Gasteiger partial charge in [-0.25, -0.2) is 0 Å². The molecular weight excluding hydrogens is 304 g/mol. The standard InChI is InChI=1S/C16H15ClN2OS/c1-10-2-7-13(9-14(10)17)19-16(20)12-5-3-11(4-6-12)8-15(18)21/h2-7,9H,8H2,1H3,(H2,18,21)(H,19,20). The van der Waals surface area contributed by atoms with Crippen LogP contribution in [0.1, 0.15) is 21.5 Å². The van der Waals surface area contributed by atoms with Crippen molar-refractivity contribution in [3.05, 3.63) is 64.2 Å². The molecule has 3 N–H and O–H groups in total. The Balaban J connectivity index is 2.09. The van der Waals surface area contributed by atoms with Gasteiger partial charge in [0.15, 0.2) is 0 Å². The molecule has 1 amide bonds. The Morgan fingerprint density at radius 3 is 2.48 bits per heavy atom. The van der Waals surface area contributed by atoms with Crippen LogP contribution in [0.15, 0.2) is 42.5 Å². The zero-order chi connectivity index (χ0) is 15.4. The molecule has 108 valence electrons. The minimum absolute atomic E-state index is 0.184. The molecule has 2 aromatic rings. The zero-order valence-electron chi connectivity index (χ0n) is 11.5. The fourth-order valence-corrected chi connectivity index (χ4v) is 2.20. The summed E-state index contributed by atoms with van der Waals surface area (Å²) in [7, 11) is 0. The van der Waals surface area contributed by atoms with E-state index in [1.54, 1.807) is 18.2 Å². The van der Waals surface area contributed by atoms with E-state index in [-0.39, 0.29) is 5.91 Å². The third-order valence-corrected chi connectivity index (χ3v) is 3.58. The maximum Gasteiger partial charge on any atom is 0.255 e. The molecule has 0 aliphatic carbocycles. The summed E-state index contributed by atoms with van der Waals surface area (Å²) in [6.07, 6.45) is 0.533. The molecule has 0 radical (unpaired) electrons. The van der Waals surface area contributed by atoms with Crippen LogP contribution in [0.25, 0.3) is 0 Å². The topological polar surface area (TPSA) is 55.1 Å². The third-order valence-electron chi connectivity index (χ3n) is 3.02. The molecule has 0 fully saturated rings. The summed E-state index contributed by atoms with van der Waals surface area (Å²) >= 11 is 10.9. The predicted octanol–water partition coefficient (Wildman–Crippen LogP) is 3.73. The van der Waals surface area contributed by atoms with Crippen molar-refractivity contribution in [3.63, 3.8) is 0 Å². The van der Waals surface area contributed by atoms with Gasteiger partial charge in [0.2, 0.25) is 0 Å². The molecule has 0 unspecified atom stereocenters. The van der Waals surface area contributed by atoms with E-state index >= 15 is 0 Å². The molecule has 0 atom stereocenters. The average Bonchev–Trinajstić information content (AvgIpc) is 2.43. The number of halogens is 1. The van der Waals surface area contributed by atoms with Gasteiger partial charge in [0, 0.05) is 22.7 Å². The molecule has 5 heteroatoms. The monoisotopic (exact) mass is 318 g/mol. The number of nitrogens with two attached hydrogens (primary N) is 1. The summed E-state index contributed by atoms with van der Waals surface area (Å²) in [6.45, 7) is 1.91. The summed E-state index contributed by atoms with van der Waals surface area (Å²) in [5, 5.41) is 3.44. The molecule has 0 aromatic heterocycles. The molecule has 0 heterocycles. The van der Waals surface area contributed by atoms with Crippen molar-refractivity contribution < 1.29 is 4.79 Å². The van der Waals surface area contributed by atoms with Gasteiger partial charge in [-0.1, -0.05) is 42.0 Å². The lowest BCUT2D eigenvalue weighted by atomic mass is 10.1. The lowest BCUT2D eigenvalue weighted by molar-refractivity contribution is 0.102. The molecule has 0 saturated carbocycles. The fourth-order valence-electron chi connectivity index (χ4n) is 1.85. The van der Waals surface area contributed by atoms with Crippen LogP contribution < -0.4 is 11.1 Å². The number of carbonyl (C=O) groups is 1. The maximum atomic E-state index is 12.1. The van der Waals surface area contributed by atoms with Crippen LogP contribution in [0.2, 0.25) is 5.02 Å². The Hall–Kier alpha value is -1.91. The van der Waals surface area contributed by atoms with Gasteiger partial charge in [0.1, 0.15) is 0 Å². The van der Waals surface area contributed by atoms with Gasteiger partial charge < -0.3 is 11.1 Å². The third kappa shape index (κ3) is 4.28. The van der Waals surface area contributed by atoms with E-state index in [4.69, 9.17) is 29.6 Å².